The highest BCUT2D eigenvalue weighted by molar-refractivity contribution is 8.76. The number of nitrogens with one attached hydrogen (secondary N) is 4. The second-order valence-electron chi connectivity index (χ2n) is 18.9. The molecule has 2 aromatic carbocycles. The Morgan fingerprint density at radius 1 is 0.386 bits per heavy atom. The van der Waals surface area contributed by atoms with Gasteiger partial charge < -0.3 is 31.5 Å². The Hall–Kier alpha value is -4.04. The molecule has 0 spiro atoms. The van der Waals surface area contributed by atoms with Gasteiger partial charge in [-0.2, -0.15) is 0 Å². The quantitative estimate of drug-likeness (QED) is 0.0275. The van der Waals surface area contributed by atoms with E-state index in [0.29, 0.717) is 24.2 Å². The molecule has 2 aromatic rings. The largest absolute Gasteiger partial charge is 0.480 e. The Bertz CT molecular complexity index is 1600. The molecule has 0 aliphatic carbocycles. The summed E-state index contributed by atoms with van der Waals surface area (Å²) in [5.74, 6) is -4.02. The van der Waals surface area contributed by atoms with Crippen LogP contribution in [0.3, 0.4) is 0 Å². The van der Waals surface area contributed by atoms with Crippen molar-refractivity contribution in [3.63, 3.8) is 0 Å². The van der Waals surface area contributed by atoms with E-state index in [1.807, 2.05) is 0 Å². The van der Waals surface area contributed by atoms with Gasteiger partial charge in [0.25, 0.3) is 11.8 Å². The molecular formula is C56H90N4O8S2. The van der Waals surface area contributed by atoms with Crippen molar-refractivity contribution >= 4 is 68.5 Å². The van der Waals surface area contributed by atoms with Crippen LogP contribution in [-0.2, 0) is 19.2 Å². The van der Waals surface area contributed by atoms with E-state index in [0.717, 1.165) is 60.1 Å². The van der Waals surface area contributed by atoms with Gasteiger partial charge in [-0.05, 0) is 61.4 Å². The molecule has 0 unspecified atom stereocenters. The lowest BCUT2D eigenvalue weighted by atomic mass is 10.0. The summed E-state index contributed by atoms with van der Waals surface area (Å²) in [6.07, 6.45) is 38.6. The van der Waals surface area contributed by atoms with Crippen molar-refractivity contribution in [2.45, 2.75) is 231 Å². The van der Waals surface area contributed by atoms with E-state index in [2.05, 4.69) is 35.1 Å². The summed E-state index contributed by atoms with van der Waals surface area (Å²) >= 11 is 0. The number of unbranched alkanes of at least 4 members (excludes halogenated alkanes) is 28. The fourth-order valence-electron chi connectivity index (χ4n) is 8.24. The lowest BCUT2D eigenvalue weighted by molar-refractivity contribution is -0.139. The number of amides is 4. The number of anilines is 2. The molecule has 0 aliphatic rings. The van der Waals surface area contributed by atoms with Crippen LogP contribution in [0.15, 0.2) is 48.5 Å². The van der Waals surface area contributed by atoms with Crippen LogP contribution in [0.1, 0.15) is 240 Å². The van der Waals surface area contributed by atoms with Gasteiger partial charge in [0.05, 0.1) is 0 Å². The van der Waals surface area contributed by atoms with Crippen molar-refractivity contribution < 1.29 is 39.0 Å². The smallest absolute Gasteiger partial charge is 0.327 e. The Labute approximate surface area is 429 Å². The molecule has 2 atom stereocenters. The molecular weight excluding hydrogens is 921 g/mol. The van der Waals surface area contributed by atoms with E-state index in [1.54, 1.807) is 24.3 Å². The second-order valence-corrected chi connectivity index (χ2v) is 21.5. The molecule has 14 heteroatoms. The van der Waals surface area contributed by atoms with Crippen LogP contribution in [0.4, 0.5) is 11.4 Å². The lowest BCUT2D eigenvalue weighted by Crippen LogP contribution is -2.43. The third kappa shape index (κ3) is 32.0. The third-order valence-electron chi connectivity index (χ3n) is 12.6. The highest BCUT2D eigenvalue weighted by atomic mass is 33.1. The van der Waals surface area contributed by atoms with E-state index >= 15 is 0 Å². The second kappa shape index (κ2) is 41.6. The zero-order chi connectivity index (χ0) is 50.9. The van der Waals surface area contributed by atoms with E-state index in [4.69, 9.17) is 0 Å². The van der Waals surface area contributed by atoms with Crippen LogP contribution in [-0.4, -0.2) is 69.4 Å². The van der Waals surface area contributed by atoms with Crippen LogP contribution in [0.25, 0.3) is 0 Å². The normalized spacial score (nSPS) is 12.0. The summed E-state index contributed by atoms with van der Waals surface area (Å²) < 4.78 is 0. The average Bonchev–Trinajstić information content (AvgIpc) is 3.34. The number of carboxylic acid groups (broad SMARTS) is 2. The zero-order valence-electron chi connectivity index (χ0n) is 43.0. The number of carboxylic acids is 2. The number of hydrogen-bond acceptors (Lipinski definition) is 8. The number of benzene rings is 2. The summed E-state index contributed by atoms with van der Waals surface area (Å²) in [6, 6.07) is 9.97. The SMILES string of the molecule is CCCCCCCCCCCCCCCCCC(=O)Nc1ccc(C(=O)N[C@H](CSSC[C@@H](NC(=O)c2ccc(NC(=O)CCCCCCCCCCCCCCCCC)cc2)C(=O)O)C(=O)O)cc1. The number of rotatable bonds is 45. The molecule has 394 valence electrons. The molecule has 4 amide bonds. The summed E-state index contributed by atoms with van der Waals surface area (Å²) in [4.78, 5) is 74.9. The van der Waals surface area contributed by atoms with Gasteiger partial charge in [-0.25, -0.2) is 9.59 Å². The number of carbonyl (C=O) groups is 6. The van der Waals surface area contributed by atoms with Crippen LogP contribution < -0.4 is 21.3 Å². The molecule has 12 nitrogen and oxygen atoms in total. The number of aliphatic carboxylic acids is 2. The minimum Gasteiger partial charge on any atom is -0.480 e. The first kappa shape index (κ1) is 62.1. The minimum atomic E-state index is -1.26. The molecule has 0 saturated heterocycles. The molecule has 6 N–H and O–H groups in total. The van der Waals surface area contributed by atoms with E-state index in [-0.39, 0.29) is 34.4 Å². The predicted molar refractivity (Wildman–Crippen MR) is 292 cm³/mol. The standard InChI is InChI=1S/C56H90N4O8S2/c1-3-5-7-9-11-13-15-17-19-21-23-25-27-29-31-33-51(61)57-47-39-35-45(36-40-47)53(63)59-49(55(65)66)43-69-70-44-50(56(67)68)60-54(64)46-37-41-48(42-38-46)58-52(62)34-32-30-28-26-24-22-20-18-16-14-12-10-8-6-4-2/h35-42,49-50H,3-34,43-44H2,1-2H3,(H,57,61)(H,58,62)(H,59,63)(H,60,64)(H,65,66)(H,67,68)/t49-,50-/m1/s1. The van der Waals surface area contributed by atoms with E-state index in [9.17, 15) is 39.0 Å². The maximum Gasteiger partial charge on any atom is 0.327 e. The maximum absolute atomic E-state index is 12.9. The van der Waals surface area contributed by atoms with Gasteiger partial charge in [-0.15, -0.1) is 0 Å². The number of carbonyl (C=O) groups excluding carboxylic acids is 4. The Morgan fingerprint density at radius 2 is 0.629 bits per heavy atom. The van der Waals surface area contributed by atoms with Crippen LogP contribution >= 0.6 is 21.6 Å². The Kier molecular flexibility index (Phi) is 36.9. The topological polar surface area (TPSA) is 191 Å². The van der Waals surface area contributed by atoms with Crippen molar-refractivity contribution in [1.82, 2.24) is 10.6 Å². The van der Waals surface area contributed by atoms with Gasteiger partial charge in [0.1, 0.15) is 12.1 Å². The molecule has 0 fully saturated rings. The van der Waals surface area contributed by atoms with Crippen LogP contribution in [0.5, 0.6) is 0 Å². The zero-order valence-corrected chi connectivity index (χ0v) is 44.6. The van der Waals surface area contributed by atoms with Crippen molar-refractivity contribution in [3.8, 4) is 0 Å². The number of hydrogen-bond donors (Lipinski definition) is 6. The van der Waals surface area contributed by atoms with Crippen molar-refractivity contribution in [2.24, 2.45) is 0 Å². The average molecular weight is 1010 g/mol. The monoisotopic (exact) mass is 1010 g/mol. The fraction of sp³-hybridized carbons (Fsp3) is 0.679. The molecule has 2 rings (SSSR count). The van der Waals surface area contributed by atoms with Gasteiger partial charge in [0, 0.05) is 46.8 Å². The van der Waals surface area contributed by atoms with Crippen molar-refractivity contribution in [2.75, 3.05) is 22.1 Å². The summed E-state index contributed by atoms with van der Waals surface area (Å²) in [5.41, 5.74) is 1.55. The van der Waals surface area contributed by atoms with Gasteiger partial charge in [-0.1, -0.05) is 215 Å². The molecule has 0 heterocycles. The maximum atomic E-state index is 12.9. The fourth-order valence-corrected chi connectivity index (χ4v) is 10.5. The minimum absolute atomic E-state index is 0.0634. The van der Waals surface area contributed by atoms with E-state index < -0.39 is 35.8 Å². The predicted octanol–water partition coefficient (Wildman–Crippen LogP) is 14.5. The Morgan fingerprint density at radius 3 is 0.871 bits per heavy atom. The molecule has 0 radical (unpaired) electrons. The third-order valence-corrected chi connectivity index (χ3v) is 15.1. The first-order chi connectivity index (χ1) is 34.0. The molecule has 0 bridgehead atoms. The highest BCUT2D eigenvalue weighted by Gasteiger charge is 2.24. The van der Waals surface area contributed by atoms with Crippen LogP contribution in [0, 0.1) is 0 Å². The summed E-state index contributed by atoms with van der Waals surface area (Å²) in [6.45, 7) is 4.51. The highest BCUT2D eigenvalue weighted by Crippen LogP contribution is 2.24. The van der Waals surface area contributed by atoms with Crippen molar-refractivity contribution in [3.05, 3.63) is 59.7 Å². The van der Waals surface area contributed by atoms with Gasteiger partial charge >= 0.3 is 11.9 Å². The van der Waals surface area contributed by atoms with Crippen LogP contribution in [0.2, 0.25) is 0 Å². The lowest BCUT2D eigenvalue weighted by Gasteiger charge is -2.16. The Balaban J connectivity index is 1.59. The molecule has 0 aliphatic heterocycles. The van der Waals surface area contributed by atoms with Gasteiger partial charge in [0.15, 0.2) is 0 Å². The summed E-state index contributed by atoms with van der Waals surface area (Å²) in [7, 11) is 2.13. The molecule has 70 heavy (non-hydrogen) atoms. The van der Waals surface area contributed by atoms with E-state index in [1.165, 1.54) is 178 Å². The first-order valence-electron chi connectivity index (χ1n) is 27.2. The van der Waals surface area contributed by atoms with Crippen molar-refractivity contribution in [1.29, 1.82) is 0 Å². The first-order valence-corrected chi connectivity index (χ1v) is 29.6. The molecule has 0 saturated carbocycles. The summed E-state index contributed by atoms with van der Waals surface area (Å²) in [5, 5.41) is 30.3. The van der Waals surface area contributed by atoms with Gasteiger partial charge in [0.2, 0.25) is 11.8 Å². The molecule has 0 aromatic heterocycles. The van der Waals surface area contributed by atoms with Gasteiger partial charge in [-0.3, -0.25) is 19.2 Å².